The molecule has 134 valence electrons. The van der Waals surface area contributed by atoms with Crippen molar-refractivity contribution in [3.8, 4) is 0 Å². The lowest BCUT2D eigenvalue weighted by Crippen LogP contribution is -1.98. The number of hydrogen-bond donors (Lipinski definition) is 2. The molecule has 0 spiro atoms. The van der Waals surface area contributed by atoms with Gasteiger partial charge in [-0.05, 0) is 35.7 Å². The van der Waals surface area contributed by atoms with Gasteiger partial charge < -0.3 is 5.73 Å². The van der Waals surface area contributed by atoms with Crippen LogP contribution in [0.15, 0.2) is 87.9 Å². The summed E-state index contributed by atoms with van der Waals surface area (Å²) in [6.07, 6.45) is 0. The van der Waals surface area contributed by atoms with Crippen LogP contribution < -0.4 is 5.73 Å². The Bertz CT molecular complexity index is 1310. The van der Waals surface area contributed by atoms with Crippen LogP contribution >= 0.6 is 0 Å². The van der Waals surface area contributed by atoms with Gasteiger partial charge in [-0.2, -0.15) is 8.42 Å². The maximum absolute atomic E-state index is 11.4. The first-order chi connectivity index (χ1) is 12.9. The number of nitrogen functional groups attached to an aromatic ring is 1. The van der Waals surface area contributed by atoms with E-state index in [1.54, 1.807) is 18.2 Å². The summed E-state index contributed by atoms with van der Waals surface area (Å²) in [4.78, 5) is -0.218. The molecule has 4 aromatic carbocycles. The van der Waals surface area contributed by atoms with Gasteiger partial charge >= 0.3 is 0 Å². The summed E-state index contributed by atoms with van der Waals surface area (Å²) in [5.41, 5.74) is 7.64. The minimum Gasteiger partial charge on any atom is -0.398 e. The summed E-state index contributed by atoms with van der Waals surface area (Å²) in [6.45, 7) is 0. The first kappa shape index (κ1) is 17.1. The predicted molar refractivity (Wildman–Crippen MR) is 106 cm³/mol. The van der Waals surface area contributed by atoms with Gasteiger partial charge in [-0.25, -0.2) is 0 Å². The standard InChI is InChI=1S/C20H15N3O3S/c21-18-10-11-20(16-9-8-14(12-17(16)18)27(24,25)26)23-22-19-7-3-5-13-4-1-2-6-15(13)19/h1-12H,21H2,(H,24,25,26). The fourth-order valence-electron chi connectivity index (χ4n) is 2.98. The van der Waals surface area contributed by atoms with Crippen molar-refractivity contribution in [3.05, 3.63) is 72.8 Å². The van der Waals surface area contributed by atoms with E-state index in [9.17, 15) is 13.0 Å². The van der Waals surface area contributed by atoms with Crippen LogP contribution in [0.4, 0.5) is 17.1 Å². The molecule has 0 unspecified atom stereocenters. The molecule has 0 heterocycles. The Hall–Kier alpha value is -3.29. The summed E-state index contributed by atoms with van der Waals surface area (Å²) < 4.78 is 32.0. The number of azo groups is 1. The van der Waals surface area contributed by atoms with E-state index in [0.29, 0.717) is 22.1 Å². The first-order valence-electron chi connectivity index (χ1n) is 8.13. The number of benzene rings is 4. The summed E-state index contributed by atoms with van der Waals surface area (Å²) in [7, 11) is -4.31. The van der Waals surface area contributed by atoms with Gasteiger partial charge in [-0.15, -0.1) is 10.2 Å². The van der Waals surface area contributed by atoms with E-state index in [-0.39, 0.29) is 4.90 Å². The second-order valence-electron chi connectivity index (χ2n) is 6.05. The van der Waals surface area contributed by atoms with Gasteiger partial charge in [-0.3, -0.25) is 4.55 Å². The number of nitrogens with zero attached hydrogens (tertiary/aromatic N) is 2. The molecule has 27 heavy (non-hydrogen) atoms. The lowest BCUT2D eigenvalue weighted by Gasteiger charge is -2.07. The topological polar surface area (TPSA) is 105 Å². The minimum atomic E-state index is -4.31. The Labute approximate surface area is 155 Å². The number of anilines is 1. The van der Waals surface area contributed by atoms with Crippen LogP contribution in [0.5, 0.6) is 0 Å². The van der Waals surface area contributed by atoms with Crippen LogP contribution in [0.3, 0.4) is 0 Å². The minimum absolute atomic E-state index is 0.218. The Balaban J connectivity index is 1.84. The second-order valence-corrected chi connectivity index (χ2v) is 7.48. The van der Waals surface area contributed by atoms with Crippen molar-refractivity contribution in [1.29, 1.82) is 0 Å². The van der Waals surface area contributed by atoms with Crippen molar-refractivity contribution >= 4 is 48.7 Å². The fourth-order valence-corrected chi connectivity index (χ4v) is 3.49. The molecule has 0 aromatic heterocycles. The average molecular weight is 377 g/mol. The Morgan fingerprint density at radius 1 is 0.741 bits per heavy atom. The molecule has 0 bridgehead atoms. The van der Waals surface area contributed by atoms with Crippen molar-refractivity contribution in [2.75, 3.05) is 5.73 Å². The van der Waals surface area contributed by atoms with Crippen LogP contribution in [-0.2, 0) is 10.1 Å². The molecule has 0 aliphatic rings. The lowest BCUT2D eigenvalue weighted by molar-refractivity contribution is 0.483. The van der Waals surface area contributed by atoms with E-state index < -0.39 is 10.1 Å². The van der Waals surface area contributed by atoms with E-state index in [2.05, 4.69) is 10.2 Å². The molecule has 0 saturated carbocycles. The molecule has 0 saturated heterocycles. The number of hydrogen-bond acceptors (Lipinski definition) is 5. The van der Waals surface area contributed by atoms with E-state index in [4.69, 9.17) is 5.73 Å². The molecule has 0 radical (unpaired) electrons. The number of fused-ring (bicyclic) bond motifs is 2. The third-order valence-electron chi connectivity index (χ3n) is 4.33. The van der Waals surface area contributed by atoms with Gasteiger partial charge in [-0.1, -0.05) is 42.5 Å². The van der Waals surface area contributed by atoms with Crippen molar-refractivity contribution in [1.82, 2.24) is 0 Å². The first-order valence-corrected chi connectivity index (χ1v) is 9.57. The van der Waals surface area contributed by atoms with Crippen molar-refractivity contribution in [2.45, 2.75) is 4.90 Å². The summed E-state index contributed by atoms with van der Waals surface area (Å²) in [5.74, 6) is 0. The SMILES string of the molecule is Nc1ccc(N=Nc2cccc3ccccc23)c2ccc(S(=O)(=O)O)cc12. The predicted octanol–water partition coefficient (Wildman–Crippen LogP) is 5.24. The normalized spacial score (nSPS) is 12.2. The zero-order chi connectivity index (χ0) is 19.0. The van der Waals surface area contributed by atoms with Crippen LogP contribution in [0, 0.1) is 0 Å². The molecule has 0 fully saturated rings. The monoisotopic (exact) mass is 377 g/mol. The highest BCUT2D eigenvalue weighted by molar-refractivity contribution is 7.85. The Kier molecular flexibility index (Phi) is 4.10. The maximum Gasteiger partial charge on any atom is 0.294 e. The molecule has 6 nitrogen and oxygen atoms in total. The summed E-state index contributed by atoms with van der Waals surface area (Å²) >= 11 is 0. The van der Waals surface area contributed by atoms with Gasteiger partial charge in [0, 0.05) is 21.8 Å². The van der Waals surface area contributed by atoms with Crippen LogP contribution in [0.1, 0.15) is 0 Å². The molecular formula is C20H15N3O3S. The van der Waals surface area contributed by atoms with E-state index >= 15 is 0 Å². The molecule has 0 aliphatic carbocycles. The second kappa shape index (κ2) is 6.46. The van der Waals surface area contributed by atoms with Gasteiger partial charge in [0.25, 0.3) is 10.1 Å². The number of nitrogens with two attached hydrogens (primary N) is 1. The molecule has 0 atom stereocenters. The van der Waals surface area contributed by atoms with Crippen molar-refractivity contribution in [3.63, 3.8) is 0 Å². The highest BCUT2D eigenvalue weighted by atomic mass is 32.2. The van der Waals surface area contributed by atoms with Crippen molar-refractivity contribution < 1.29 is 13.0 Å². The zero-order valence-electron chi connectivity index (χ0n) is 14.1. The highest BCUT2D eigenvalue weighted by Crippen LogP contribution is 2.34. The zero-order valence-corrected chi connectivity index (χ0v) is 14.9. The quantitative estimate of drug-likeness (QED) is 0.289. The van der Waals surface area contributed by atoms with Crippen molar-refractivity contribution in [2.24, 2.45) is 10.2 Å². The van der Waals surface area contributed by atoms with Gasteiger partial charge in [0.2, 0.25) is 0 Å². The Morgan fingerprint density at radius 3 is 2.22 bits per heavy atom. The Morgan fingerprint density at radius 2 is 1.44 bits per heavy atom. The molecule has 4 rings (SSSR count). The smallest absolute Gasteiger partial charge is 0.294 e. The van der Waals surface area contributed by atoms with Gasteiger partial charge in [0.1, 0.15) is 0 Å². The van der Waals surface area contributed by atoms with E-state index in [1.165, 1.54) is 12.1 Å². The fraction of sp³-hybridized carbons (Fsp3) is 0. The highest BCUT2D eigenvalue weighted by Gasteiger charge is 2.12. The molecule has 4 aromatic rings. The number of rotatable bonds is 3. The maximum atomic E-state index is 11.4. The summed E-state index contributed by atoms with van der Waals surface area (Å²) in [6, 6.07) is 21.2. The average Bonchev–Trinajstić information content (AvgIpc) is 2.66. The van der Waals surface area contributed by atoms with Crippen LogP contribution in [0.2, 0.25) is 0 Å². The molecular weight excluding hydrogens is 362 g/mol. The van der Waals surface area contributed by atoms with E-state index in [0.717, 1.165) is 16.5 Å². The third-order valence-corrected chi connectivity index (χ3v) is 5.18. The molecule has 0 aliphatic heterocycles. The molecule has 3 N–H and O–H groups in total. The van der Waals surface area contributed by atoms with Crippen LogP contribution in [0.25, 0.3) is 21.5 Å². The van der Waals surface area contributed by atoms with Crippen LogP contribution in [-0.4, -0.2) is 13.0 Å². The van der Waals surface area contributed by atoms with Gasteiger partial charge in [0.05, 0.1) is 16.3 Å². The molecule has 0 amide bonds. The largest absolute Gasteiger partial charge is 0.398 e. The van der Waals surface area contributed by atoms with E-state index in [1.807, 2.05) is 42.5 Å². The molecule has 7 heteroatoms. The lowest BCUT2D eigenvalue weighted by atomic mass is 10.1. The third kappa shape index (κ3) is 3.25. The van der Waals surface area contributed by atoms with Gasteiger partial charge in [0.15, 0.2) is 0 Å². The summed E-state index contributed by atoms with van der Waals surface area (Å²) in [5, 5.41) is 11.9.